The number of rotatable bonds is 2. The van der Waals surface area contributed by atoms with Crippen LogP contribution in [0.3, 0.4) is 0 Å². The normalized spacial score (nSPS) is 18.3. The van der Waals surface area contributed by atoms with Crippen LogP contribution in [0.2, 0.25) is 0 Å². The van der Waals surface area contributed by atoms with Gasteiger partial charge in [-0.2, -0.15) is 0 Å². The molecular weight excluding hydrogens is 310 g/mol. The minimum absolute atomic E-state index is 0.00124. The summed E-state index contributed by atoms with van der Waals surface area (Å²) in [6, 6.07) is 12.3. The maximum Gasteiger partial charge on any atom is 0.356 e. The Hall–Kier alpha value is -3.02. The van der Waals surface area contributed by atoms with Crippen molar-refractivity contribution in [3.8, 4) is 17.2 Å². The quantitative estimate of drug-likeness (QED) is 0.677. The van der Waals surface area contributed by atoms with Gasteiger partial charge in [0.25, 0.3) is 0 Å². The zero-order valence-electron chi connectivity index (χ0n) is 12.8. The van der Waals surface area contributed by atoms with E-state index in [9.17, 15) is 9.59 Å². The Morgan fingerprint density at radius 3 is 2.83 bits per heavy atom. The van der Waals surface area contributed by atoms with Crippen molar-refractivity contribution in [3.63, 3.8) is 0 Å². The highest BCUT2D eigenvalue weighted by molar-refractivity contribution is 5.94. The number of amides is 1. The lowest BCUT2D eigenvalue weighted by Crippen LogP contribution is -2.39. The van der Waals surface area contributed by atoms with E-state index in [-0.39, 0.29) is 12.5 Å². The summed E-state index contributed by atoms with van der Waals surface area (Å²) in [6.07, 6.45) is 0.250. The van der Waals surface area contributed by atoms with Gasteiger partial charge in [0.15, 0.2) is 11.5 Å². The fraction of sp³-hybridized carbons (Fsp3) is 0.222. The Balaban J connectivity index is 1.46. The fourth-order valence-corrected chi connectivity index (χ4v) is 2.74. The molecule has 0 fully saturated rings. The summed E-state index contributed by atoms with van der Waals surface area (Å²) in [5.74, 6) is 1.06. The number of fused-ring (bicyclic) bond motifs is 2. The molecule has 0 aromatic heterocycles. The summed E-state index contributed by atoms with van der Waals surface area (Å²) >= 11 is 0. The average molecular weight is 325 g/mol. The third kappa shape index (κ3) is 2.78. The van der Waals surface area contributed by atoms with Crippen molar-refractivity contribution in [2.24, 2.45) is 0 Å². The molecule has 1 atom stereocenters. The number of benzene rings is 2. The molecule has 1 N–H and O–H groups in total. The van der Waals surface area contributed by atoms with E-state index < -0.39 is 12.1 Å². The maximum atomic E-state index is 12.3. The van der Waals surface area contributed by atoms with Crippen LogP contribution in [-0.4, -0.2) is 24.6 Å². The van der Waals surface area contributed by atoms with Gasteiger partial charge < -0.3 is 19.5 Å². The van der Waals surface area contributed by atoms with E-state index in [4.69, 9.17) is 14.2 Å². The SMILES string of the molecule is O=C1CCc2cc(OC(=O)C3COc4ccccc4O3)ccc2N1. The first-order chi connectivity index (χ1) is 11.7. The van der Waals surface area contributed by atoms with Crippen LogP contribution in [0.25, 0.3) is 0 Å². The number of esters is 1. The molecule has 122 valence electrons. The van der Waals surface area contributed by atoms with Crippen LogP contribution in [-0.2, 0) is 16.0 Å². The van der Waals surface area contributed by atoms with Crippen LogP contribution in [0, 0.1) is 0 Å². The predicted molar refractivity (Wildman–Crippen MR) is 85.4 cm³/mol. The fourth-order valence-electron chi connectivity index (χ4n) is 2.74. The number of hydrogen-bond donors (Lipinski definition) is 1. The Bertz CT molecular complexity index is 817. The first-order valence-electron chi connectivity index (χ1n) is 7.72. The number of aryl methyl sites for hydroxylation is 1. The molecule has 6 heteroatoms. The Labute approximate surface area is 138 Å². The molecule has 0 spiro atoms. The van der Waals surface area contributed by atoms with Crippen molar-refractivity contribution in [1.29, 1.82) is 0 Å². The molecular formula is C18H15NO5. The molecule has 4 rings (SSSR count). The third-order valence-electron chi connectivity index (χ3n) is 3.96. The number of nitrogens with one attached hydrogen (secondary N) is 1. The van der Waals surface area contributed by atoms with Gasteiger partial charge in [0, 0.05) is 12.1 Å². The molecule has 1 unspecified atom stereocenters. The van der Waals surface area contributed by atoms with Crippen molar-refractivity contribution < 1.29 is 23.8 Å². The van der Waals surface area contributed by atoms with Crippen molar-refractivity contribution in [2.45, 2.75) is 18.9 Å². The predicted octanol–water partition coefficient (Wildman–Crippen LogP) is 2.32. The molecule has 2 aliphatic rings. The van der Waals surface area contributed by atoms with Crippen molar-refractivity contribution in [3.05, 3.63) is 48.0 Å². The first-order valence-corrected chi connectivity index (χ1v) is 7.72. The van der Waals surface area contributed by atoms with E-state index in [0.29, 0.717) is 30.1 Å². The van der Waals surface area contributed by atoms with Crippen LogP contribution < -0.4 is 19.5 Å². The van der Waals surface area contributed by atoms with Crippen LogP contribution in [0.5, 0.6) is 17.2 Å². The van der Waals surface area contributed by atoms with Crippen LogP contribution in [0.4, 0.5) is 5.69 Å². The molecule has 6 nitrogen and oxygen atoms in total. The second-order valence-corrected chi connectivity index (χ2v) is 5.65. The van der Waals surface area contributed by atoms with Gasteiger partial charge in [0.1, 0.15) is 12.4 Å². The maximum absolute atomic E-state index is 12.3. The van der Waals surface area contributed by atoms with Crippen LogP contribution in [0.15, 0.2) is 42.5 Å². The molecule has 0 saturated carbocycles. The second-order valence-electron chi connectivity index (χ2n) is 5.65. The van der Waals surface area contributed by atoms with Crippen molar-refractivity contribution in [2.75, 3.05) is 11.9 Å². The lowest BCUT2D eigenvalue weighted by molar-refractivity contribution is -0.144. The van der Waals surface area contributed by atoms with E-state index in [1.54, 1.807) is 30.3 Å². The lowest BCUT2D eigenvalue weighted by Gasteiger charge is -2.25. The van der Waals surface area contributed by atoms with Crippen molar-refractivity contribution >= 4 is 17.6 Å². The number of para-hydroxylation sites is 2. The minimum Gasteiger partial charge on any atom is -0.485 e. The molecule has 0 aliphatic carbocycles. The molecule has 2 aromatic carbocycles. The number of anilines is 1. The second kappa shape index (κ2) is 5.88. The smallest absolute Gasteiger partial charge is 0.356 e. The zero-order chi connectivity index (χ0) is 16.5. The topological polar surface area (TPSA) is 73.9 Å². The number of carbonyl (C=O) groups excluding carboxylic acids is 2. The molecule has 2 aromatic rings. The van der Waals surface area contributed by atoms with Gasteiger partial charge in [-0.1, -0.05) is 12.1 Å². The standard InChI is InChI=1S/C18H15NO5/c20-17-8-5-11-9-12(6-7-13(11)19-17)23-18(21)16-10-22-14-3-1-2-4-15(14)24-16/h1-4,6-7,9,16H,5,8,10H2,(H,19,20). The first kappa shape index (κ1) is 14.6. The monoisotopic (exact) mass is 325 g/mol. The molecule has 2 aliphatic heterocycles. The summed E-state index contributed by atoms with van der Waals surface area (Å²) in [4.78, 5) is 23.7. The Morgan fingerprint density at radius 2 is 1.96 bits per heavy atom. The zero-order valence-corrected chi connectivity index (χ0v) is 12.8. The number of carbonyl (C=O) groups is 2. The van der Waals surface area contributed by atoms with Gasteiger partial charge in [0.2, 0.25) is 12.0 Å². The largest absolute Gasteiger partial charge is 0.485 e. The van der Waals surface area contributed by atoms with Crippen LogP contribution >= 0.6 is 0 Å². The molecule has 24 heavy (non-hydrogen) atoms. The molecule has 0 bridgehead atoms. The molecule has 0 saturated heterocycles. The van der Waals surface area contributed by atoms with E-state index >= 15 is 0 Å². The lowest BCUT2D eigenvalue weighted by atomic mass is 10.0. The summed E-state index contributed by atoms with van der Waals surface area (Å²) < 4.78 is 16.6. The van der Waals surface area contributed by atoms with Gasteiger partial charge >= 0.3 is 5.97 Å². The molecule has 0 radical (unpaired) electrons. The van der Waals surface area contributed by atoms with Gasteiger partial charge in [-0.3, -0.25) is 4.79 Å². The van der Waals surface area contributed by atoms with E-state index in [2.05, 4.69) is 5.32 Å². The summed E-state index contributed by atoms with van der Waals surface area (Å²) in [5.41, 5.74) is 1.71. The highest BCUT2D eigenvalue weighted by Gasteiger charge is 2.29. The minimum atomic E-state index is -0.810. The van der Waals surface area contributed by atoms with Gasteiger partial charge in [0.05, 0.1) is 0 Å². The van der Waals surface area contributed by atoms with E-state index in [1.807, 2.05) is 12.1 Å². The highest BCUT2D eigenvalue weighted by Crippen LogP contribution is 2.32. The summed E-state index contributed by atoms with van der Waals surface area (Å²) in [6.45, 7) is 0.108. The number of ether oxygens (including phenoxy) is 3. The van der Waals surface area contributed by atoms with E-state index in [1.165, 1.54) is 0 Å². The van der Waals surface area contributed by atoms with Crippen LogP contribution in [0.1, 0.15) is 12.0 Å². The number of hydrogen-bond acceptors (Lipinski definition) is 5. The third-order valence-corrected chi connectivity index (χ3v) is 3.96. The molecule has 2 heterocycles. The highest BCUT2D eigenvalue weighted by atomic mass is 16.6. The van der Waals surface area contributed by atoms with Gasteiger partial charge in [-0.05, 0) is 42.3 Å². The Kier molecular flexibility index (Phi) is 3.57. The van der Waals surface area contributed by atoms with E-state index in [0.717, 1.165) is 11.3 Å². The van der Waals surface area contributed by atoms with Crippen molar-refractivity contribution in [1.82, 2.24) is 0 Å². The van der Waals surface area contributed by atoms with Gasteiger partial charge in [-0.15, -0.1) is 0 Å². The summed E-state index contributed by atoms with van der Waals surface area (Å²) in [7, 11) is 0. The summed E-state index contributed by atoms with van der Waals surface area (Å²) in [5, 5.41) is 2.79. The van der Waals surface area contributed by atoms with Gasteiger partial charge in [-0.25, -0.2) is 4.79 Å². The molecule has 1 amide bonds. The average Bonchev–Trinajstić information content (AvgIpc) is 2.61. The Morgan fingerprint density at radius 1 is 1.12 bits per heavy atom.